The van der Waals surface area contributed by atoms with E-state index >= 15 is 0 Å². The minimum absolute atomic E-state index is 0.0415. The van der Waals surface area contributed by atoms with Crippen LogP contribution in [0.3, 0.4) is 0 Å². The quantitative estimate of drug-likeness (QED) is 0.878. The molecule has 0 aromatic carbocycles. The molecule has 1 amide bonds. The van der Waals surface area contributed by atoms with Crippen molar-refractivity contribution in [3.8, 4) is 0 Å². The lowest BCUT2D eigenvalue weighted by Gasteiger charge is -2.17. The number of nitrogens with two attached hydrogens (primary N) is 1. The molecule has 1 unspecified atom stereocenters. The maximum atomic E-state index is 12.0. The van der Waals surface area contributed by atoms with Crippen molar-refractivity contribution in [3.05, 3.63) is 10.9 Å². The van der Waals surface area contributed by atoms with E-state index in [-0.39, 0.29) is 5.91 Å². The molecule has 1 aliphatic heterocycles. The van der Waals surface area contributed by atoms with E-state index in [2.05, 4.69) is 24.1 Å². The van der Waals surface area contributed by atoms with Crippen LogP contribution in [0.1, 0.15) is 43.3 Å². The molecule has 112 valence electrons. The molecule has 1 aliphatic rings. The summed E-state index contributed by atoms with van der Waals surface area (Å²) in [5, 5.41) is 4.03. The fourth-order valence-electron chi connectivity index (χ4n) is 2.58. The molecule has 1 aromatic rings. The molecule has 0 radical (unpaired) electrons. The summed E-state index contributed by atoms with van der Waals surface area (Å²) in [6.45, 7) is 9.44. The Balaban J connectivity index is 2.06. The summed E-state index contributed by atoms with van der Waals surface area (Å²) in [7, 11) is 0. The molecule has 1 atom stereocenters. The first-order valence-corrected chi connectivity index (χ1v) is 8.27. The van der Waals surface area contributed by atoms with Gasteiger partial charge in [-0.25, -0.2) is 0 Å². The third kappa shape index (κ3) is 3.26. The first-order chi connectivity index (χ1) is 9.52. The van der Waals surface area contributed by atoms with Gasteiger partial charge in [0.1, 0.15) is 4.88 Å². The predicted octanol–water partition coefficient (Wildman–Crippen LogP) is 2.95. The first-order valence-electron chi connectivity index (χ1n) is 7.45. The molecular weight excluding hydrogens is 270 g/mol. The Morgan fingerprint density at radius 1 is 1.60 bits per heavy atom. The smallest absolute Gasteiger partial charge is 0.263 e. The molecule has 5 heteroatoms. The fraction of sp³-hybridized carbons (Fsp3) is 0.667. The number of amides is 1. The fourth-order valence-corrected chi connectivity index (χ4v) is 3.61. The van der Waals surface area contributed by atoms with Gasteiger partial charge in [0.15, 0.2) is 0 Å². The summed E-state index contributed by atoms with van der Waals surface area (Å²) >= 11 is 1.52. The normalized spacial score (nSPS) is 18.8. The molecule has 0 bridgehead atoms. The van der Waals surface area contributed by atoms with Gasteiger partial charge in [0.25, 0.3) is 5.91 Å². The number of anilines is 2. The Hall–Kier alpha value is -1.23. The highest BCUT2D eigenvalue weighted by atomic mass is 32.1. The Morgan fingerprint density at radius 3 is 2.95 bits per heavy atom. The highest BCUT2D eigenvalue weighted by molar-refractivity contribution is 7.18. The zero-order chi connectivity index (χ0) is 14.7. The van der Waals surface area contributed by atoms with Gasteiger partial charge in [-0.1, -0.05) is 20.8 Å². The number of nitrogen functional groups attached to an aromatic ring is 1. The molecule has 2 heterocycles. The van der Waals surface area contributed by atoms with Crippen molar-refractivity contribution in [1.29, 1.82) is 0 Å². The predicted molar refractivity (Wildman–Crippen MR) is 86.5 cm³/mol. The second kappa shape index (κ2) is 6.48. The average molecular weight is 295 g/mol. The number of carbonyl (C=O) groups excluding carboxylic acids is 1. The molecule has 0 saturated carbocycles. The summed E-state index contributed by atoms with van der Waals surface area (Å²) in [6, 6.07) is 1.95. The SMILES string of the molecule is CCCNC(=O)c1sc(N2CCC(C(C)C)C2)cc1N. The van der Waals surface area contributed by atoms with Gasteiger partial charge in [0.05, 0.1) is 10.7 Å². The van der Waals surface area contributed by atoms with Gasteiger partial charge >= 0.3 is 0 Å². The van der Waals surface area contributed by atoms with E-state index in [0.717, 1.165) is 30.4 Å². The largest absolute Gasteiger partial charge is 0.397 e. The molecule has 3 N–H and O–H groups in total. The minimum Gasteiger partial charge on any atom is -0.397 e. The van der Waals surface area contributed by atoms with Gasteiger partial charge in [-0.15, -0.1) is 11.3 Å². The standard InChI is InChI=1S/C15H25N3OS/c1-4-6-17-15(19)14-12(16)8-13(20-14)18-7-5-11(9-18)10(2)3/h8,10-11H,4-7,9,16H2,1-3H3,(H,17,19). The van der Waals surface area contributed by atoms with E-state index in [1.165, 1.54) is 17.8 Å². The maximum absolute atomic E-state index is 12.0. The van der Waals surface area contributed by atoms with E-state index in [0.29, 0.717) is 23.0 Å². The van der Waals surface area contributed by atoms with Gasteiger partial charge in [-0.05, 0) is 30.7 Å². The number of carbonyl (C=O) groups is 1. The molecule has 4 nitrogen and oxygen atoms in total. The van der Waals surface area contributed by atoms with Crippen molar-refractivity contribution < 1.29 is 4.79 Å². The van der Waals surface area contributed by atoms with Gasteiger partial charge in [-0.2, -0.15) is 0 Å². The lowest BCUT2D eigenvalue weighted by Crippen LogP contribution is -2.23. The van der Waals surface area contributed by atoms with Crippen molar-refractivity contribution in [1.82, 2.24) is 5.32 Å². The summed E-state index contributed by atoms with van der Waals surface area (Å²) < 4.78 is 0. The van der Waals surface area contributed by atoms with E-state index in [4.69, 9.17) is 5.73 Å². The second-order valence-corrected chi connectivity index (χ2v) is 6.89. The Morgan fingerprint density at radius 2 is 2.35 bits per heavy atom. The highest BCUT2D eigenvalue weighted by Gasteiger charge is 2.27. The lowest BCUT2D eigenvalue weighted by atomic mass is 9.95. The molecule has 1 fully saturated rings. The van der Waals surface area contributed by atoms with Gasteiger partial charge in [-0.3, -0.25) is 4.79 Å². The first kappa shape index (κ1) is 15.2. The van der Waals surface area contributed by atoms with Crippen LogP contribution >= 0.6 is 11.3 Å². The van der Waals surface area contributed by atoms with Crippen LogP contribution in [-0.2, 0) is 0 Å². The molecule has 0 spiro atoms. The van der Waals surface area contributed by atoms with Crippen LogP contribution in [0.2, 0.25) is 0 Å². The topological polar surface area (TPSA) is 58.4 Å². The van der Waals surface area contributed by atoms with Gasteiger partial charge in [0.2, 0.25) is 0 Å². The molecular formula is C15H25N3OS. The van der Waals surface area contributed by atoms with Crippen molar-refractivity contribution >= 4 is 27.9 Å². The van der Waals surface area contributed by atoms with E-state index < -0.39 is 0 Å². The summed E-state index contributed by atoms with van der Waals surface area (Å²) in [5.74, 6) is 1.42. The minimum atomic E-state index is -0.0415. The zero-order valence-electron chi connectivity index (χ0n) is 12.6. The number of hydrogen-bond donors (Lipinski definition) is 2. The van der Waals surface area contributed by atoms with E-state index in [1.807, 2.05) is 13.0 Å². The Kier molecular flexibility index (Phi) is 4.91. The zero-order valence-corrected chi connectivity index (χ0v) is 13.4. The van der Waals surface area contributed by atoms with Crippen LogP contribution in [0.5, 0.6) is 0 Å². The molecule has 20 heavy (non-hydrogen) atoms. The molecule has 2 rings (SSSR count). The maximum Gasteiger partial charge on any atom is 0.263 e. The van der Waals surface area contributed by atoms with Crippen molar-refractivity contribution in [2.45, 2.75) is 33.6 Å². The molecule has 1 saturated heterocycles. The van der Waals surface area contributed by atoms with Crippen LogP contribution in [0.25, 0.3) is 0 Å². The second-order valence-electron chi connectivity index (χ2n) is 5.86. The van der Waals surface area contributed by atoms with Gasteiger partial charge in [0, 0.05) is 19.6 Å². The summed E-state index contributed by atoms with van der Waals surface area (Å²) in [4.78, 5) is 15.0. The van der Waals surface area contributed by atoms with Crippen LogP contribution < -0.4 is 16.0 Å². The van der Waals surface area contributed by atoms with Crippen molar-refractivity contribution in [3.63, 3.8) is 0 Å². The number of hydrogen-bond acceptors (Lipinski definition) is 4. The van der Waals surface area contributed by atoms with Crippen LogP contribution in [-0.4, -0.2) is 25.5 Å². The number of rotatable bonds is 5. The highest BCUT2D eigenvalue weighted by Crippen LogP contribution is 2.36. The Bertz CT molecular complexity index is 470. The molecule has 0 aliphatic carbocycles. The number of nitrogens with zero attached hydrogens (tertiary/aromatic N) is 1. The van der Waals surface area contributed by atoms with Crippen molar-refractivity contribution in [2.75, 3.05) is 30.3 Å². The lowest BCUT2D eigenvalue weighted by molar-refractivity contribution is 0.0958. The monoisotopic (exact) mass is 295 g/mol. The summed E-state index contributed by atoms with van der Waals surface area (Å²) in [6.07, 6.45) is 2.17. The van der Waals surface area contributed by atoms with Crippen LogP contribution in [0.15, 0.2) is 6.07 Å². The molecule has 1 aromatic heterocycles. The number of nitrogens with one attached hydrogen (secondary N) is 1. The van der Waals surface area contributed by atoms with E-state index in [1.54, 1.807) is 0 Å². The van der Waals surface area contributed by atoms with Crippen LogP contribution in [0, 0.1) is 11.8 Å². The Labute approximate surface area is 125 Å². The third-order valence-electron chi connectivity index (χ3n) is 3.97. The number of thiophene rings is 1. The third-order valence-corrected chi connectivity index (χ3v) is 5.18. The van der Waals surface area contributed by atoms with Crippen LogP contribution in [0.4, 0.5) is 10.7 Å². The van der Waals surface area contributed by atoms with E-state index in [9.17, 15) is 4.79 Å². The van der Waals surface area contributed by atoms with Gasteiger partial charge < -0.3 is 16.0 Å². The average Bonchev–Trinajstić information content (AvgIpc) is 3.02. The van der Waals surface area contributed by atoms with Crippen molar-refractivity contribution in [2.24, 2.45) is 11.8 Å². The summed E-state index contributed by atoms with van der Waals surface area (Å²) in [5.41, 5.74) is 6.60.